The lowest BCUT2D eigenvalue weighted by Gasteiger charge is -2.23. The van der Waals surface area contributed by atoms with Crippen LogP contribution in [-0.2, 0) is 25.5 Å². The second-order valence-electron chi connectivity index (χ2n) is 7.26. The van der Waals surface area contributed by atoms with Crippen molar-refractivity contribution in [3.05, 3.63) is 47.8 Å². The van der Waals surface area contributed by atoms with Gasteiger partial charge in [-0.2, -0.15) is 0 Å². The number of amides is 2. The minimum Gasteiger partial charge on any atom is -0.465 e. The van der Waals surface area contributed by atoms with Crippen LogP contribution in [0.15, 0.2) is 42.2 Å². The third kappa shape index (κ3) is 10.9. The van der Waals surface area contributed by atoms with Gasteiger partial charge in [0.05, 0.1) is 12.6 Å². The minimum absolute atomic E-state index is 0.187. The van der Waals surface area contributed by atoms with Crippen molar-refractivity contribution in [2.45, 2.75) is 52.2 Å². The molecule has 160 valence electrons. The van der Waals surface area contributed by atoms with Crippen LogP contribution in [0, 0.1) is 0 Å². The minimum atomic E-state index is -0.995. The third-order valence-electron chi connectivity index (χ3n) is 3.52. The summed E-state index contributed by atoms with van der Waals surface area (Å²) in [6, 6.07) is 8.07. The number of hydrogen-bond donors (Lipinski definition) is 2. The fraction of sp³-hybridized carbons (Fsp3) is 0.476. The largest absolute Gasteiger partial charge is 0.465 e. The maximum atomic E-state index is 14.7. The van der Waals surface area contributed by atoms with Crippen LogP contribution in [0.25, 0.3) is 0 Å². The number of nitrogens with one attached hydrogen (secondary N) is 2. The van der Waals surface area contributed by atoms with E-state index in [-0.39, 0.29) is 26.0 Å². The van der Waals surface area contributed by atoms with E-state index in [1.807, 2.05) is 30.3 Å². The van der Waals surface area contributed by atoms with E-state index in [1.54, 1.807) is 27.7 Å². The summed E-state index contributed by atoms with van der Waals surface area (Å²) >= 11 is 0. The maximum absolute atomic E-state index is 14.7. The predicted octanol–water partition coefficient (Wildman–Crippen LogP) is 3.05. The number of halogens is 1. The monoisotopic (exact) mass is 408 g/mol. The van der Waals surface area contributed by atoms with Crippen LogP contribution in [0.5, 0.6) is 0 Å². The summed E-state index contributed by atoms with van der Waals surface area (Å²) in [5, 5.41) is 4.85. The van der Waals surface area contributed by atoms with Gasteiger partial charge in [0.15, 0.2) is 0 Å². The van der Waals surface area contributed by atoms with Crippen molar-refractivity contribution < 1.29 is 28.2 Å². The van der Waals surface area contributed by atoms with Crippen LogP contribution >= 0.6 is 0 Å². The fourth-order valence-electron chi connectivity index (χ4n) is 2.30. The van der Waals surface area contributed by atoms with Gasteiger partial charge in [0, 0.05) is 6.42 Å². The summed E-state index contributed by atoms with van der Waals surface area (Å²) in [7, 11) is 0. The Bertz CT molecular complexity index is 714. The normalized spacial score (nSPS) is 12.7. The van der Waals surface area contributed by atoms with Crippen LogP contribution in [0.4, 0.5) is 9.18 Å². The lowest BCUT2D eigenvalue weighted by Crippen LogP contribution is -2.40. The highest BCUT2D eigenvalue weighted by Gasteiger charge is 2.22. The zero-order chi connectivity index (χ0) is 21.9. The Morgan fingerprint density at radius 3 is 2.41 bits per heavy atom. The van der Waals surface area contributed by atoms with E-state index < -0.39 is 35.4 Å². The Labute approximate surface area is 170 Å². The van der Waals surface area contributed by atoms with Gasteiger partial charge >= 0.3 is 12.1 Å². The molecule has 8 heteroatoms. The summed E-state index contributed by atoms with van der Waals surface area (Å²) in [6.45, 7) is 6.70. The van der Waals surface area contributed by atoms with Crippen LogP contribution in [0.3, 0.4) is 0 Å². The first-order chi connectivity index (χ1) is 13.6. The van der Waals surface area contributed by atoms with Gasteiger partial charge in [-0.1, -0.05) is 30.3 Å². The van der Waals surface area contributed by atoms with Crippen molar-refractivity contribution in [3.8, 4) is 0 Å². The summed E-state index contributed by atoms with van der Waals surface area (Å²) in [4.78, 5) is 35.1. The van der Waals surface area contributed by atoms with Gasteiger partial charge in [0.1, 0.15) is 18.0 Å². The highest BCUT2D eigenvalue weighted by Crippen LogP contribution is 2.14. The molecule has 2 amide bonds. The smallest absolute Gasteiger partial charge is 0.408 e. The molecule has 0 bridgehead atoms. The number of benzene rings is 1. The lowest BCUT2D eigenvalue weighted by molar-refractivity contribution is -0.143. The first kappa shape index (κ1) is 24.1. The van der Waals surface area contributed by atoms with Crippen LogP contribution < -0.4 is 10.6 Å². The molecule has 0 fully saturated rings. The second kappa shape index (κ2) is 11.8. The van der Waals surface area contributed by atoms with Gasteiger partial charge in [-0.25, -0.2) is 9.18 Å². The summed E-state index contributed by atoms with van der Waals surface area (Å²) in [5.41, 5.74) is 0.0815. The molecular weight excluding hydrogens is 379 g/mol. The van der Waals surface area contributed by atoms with Gasteiger partial charge in [0.25, 0.3) is 0 Å². The molecule has 2 N–H and O–H groups in total. The van der Waals surface area contributed by atoms with Crippen molar-refractivity contribution >= 4 is 18.0 Å². The molecule has 1 aromatic carbocycles. The quantitative estimate of drug-likeness (QED) is 0.613. The van der Waals surface area contributed by atoms with Gasteiger partial charge in [-0.3, -0.25) is 9.59 Å². The Balaban J connectivity index is 2.76. The van der Waals surface area contributed by atoms with E-state index in [4.69, 9.17) is 9.47 Å². The molecule has 0 saturated heterocycles. The molecule has 29 heavy (non-hydrogen) atoms. The van der Waals surface area contributed by atoms with Crippen LogP contribution in [0.1, 0.15) is 39.7 Å². The van der Waals surface area contributed by atoms with E-state index in [2.05, 4.69) is 10.6 Å². The Kier molecular flexibility index (Phi) is 9.85. The number of alkyl carbamates (subject to hydrolysis) is 1. The SMILES string of the molecule is CCOC(=O)CNC(=O)C/C=C(\F)[C@H](Cc1ccccc1)NC(=O)OC(C)(C)C. The Morgan fingerprint density at radius 1 is 1.17 bits per heavy atom. The molecule has 1 aromatic rings. The molecule has 0 saturated carbocycles. The van der Waals surface area contributed by atoms with Crippen LogP contribution in [0.2, 0.25) is 0 Å². The topological polar surface area (TPSA) is 93.7 Å². The molecule has 0 radical (unpaired) electrons. The lowest BCUT2D eigenvalue weighted by atomic mass is 10.0. The number of hydrogen-bond acceptors (Lipinski definition) is 5. The molecule has 7 nitrogen and oxygen atoms in total. The second-order valence-corrected chi connectivity index (χ2v) is 7.26. The molecule has 0 aliphatic rings. The number of esters is 1. The first-order valence-corrected chi connectivity index (χ1v) is 9.42. The molecular formula is C21H29FN2O5. The zero-order valence-corrected chi connectivity index (χ0v) is 17.3. The van der Waals surface area contributed by atoms with E-state index in [1.165, 1.54) is 0 Å². The van der Waals surface area contributed by atoms with Crippen molar-refractivity contribution in [1.29, 1.82) is 0 Å². The fourth-order valence-corrected chi connectivity index (χ4v) is 2.30. The molecule has 0 aromatic heterocycles. The molecule has 0 spiro atoms. The third-order valence-corrected chi connectivity index (χ3v) is 3.52. The molecule has 0 aliphatic carbocycles. The molecule has 1 atom stereocenters. The molecule has 0 heterocycles. The Morgan fingerprint density at radius 2 is 1.83 bits per heavy atom. The number of ether oxygens (including phenoxy) is 2. The molecule has 0 unspecified atom stereocenters. The first-order valence-electron chi connectivity index (χ1n) is 9.42. The highest BCUT2D eigenvalue weighted by atomic mass is 19.1. The van der Waals surface area contributed by atoms with Gasteiger partial charge in [-0.05, 0) is 45.8 Å². The average molecular weight is 408 g/mol. The highest BCUT2D eigenvalue weighted by molar-refractivity contribution is 5.82. The zero-order valence-electron chi connectivity index (χ0n) is 17.3. The maximum Gasteiger partial charge on any atom is 0.408 e. The Hall–Kier alpha value is -2.90. The van der Waals surface area contributed by atoms with E-state index in [9.17, 15) is 18.8 Å². The number of rotatable bonds is 9. The van der Waals surface area contributed by atoms with Gasteiger partial charge < -0.3 is 20.1 Å². The van der Waals surface area contributed by atoms with Crippen molar-refractivity contribution in [1.82, 2.24) is 10.6 Å². The molecule has 0 aliphatic heterocycles. The summed E-state index contributed by atoms with van der Waals surface area (Å²) in [5.74, 6) is -1.78. The van der Waals surface area contributed by atoms with Gasteiger partial charge in [-0.15, -0.1) is 0 Å². The van der Waals surface area contributed by atoms with Crippen molar-refractivity contribution in [2.75, 3.05) is 13.2 Å². The number of carbonyl (C=O) groups is 3. The van der Waals surface area contributed by atoms with Crippen molar-refractivity contribution in [3.63, 3.8) is 0 Å². The van der Waals surface area contributed by atoms with Crippen LogP contribution in [-0.4, -0.2) is 42.8 Å². The summed E-state index contributed by atoms with van der Waals surface area (Å²) < 4.78 is 24.6. The summed E-state index contributed by atoms with van der Waals surface area (Å²) in [6.07, 6.45) is 0.221. The average Bonchev–Trinajstić information content (AvgIpc) is 2.63. The standard InChI is InChI=1S/C21H29FN2O5/c1-5-28-19(26)14-23-18(25)12-11-16(22)17(13-15-9-7-6-8-10-15)24-20(27)29-21(2,3)4/h6-11,17H,5,12-14H2,1-4H3,(H,23,25)(H,24,27)/b16-11-/t17-/m0/s1. The number of carbonyl (C=O) groups excluding carboxylic acids is 3. The molecule has 1 rings (SSSR count). The van der Waals surface area contributed by atoms with E-state index >= 15 is 0 Å². The van der Waals surface area contributed by atoms with Gasteiger partial charge in [0.2, 0.25) is 5.91 Å². The van der Waals surface area contributed by atoms with E-state index in [0.29, 0.717) is 0 Å². The predicted molar refractivity (Wildman–Crippen MR) is 107 cm³/mol. The van der Waals surface area contributed by atoms with E-state index in [0.717, 1.165) is 11.6 Å². The van der Waals surface area contributed by atoms with Crippen molar-refractivity contribution in [2.24, 2.45) is 0 Å².